The van der Waals surface area contributed by atoms with E-state index in [9.17, 15) is 4.79 Å². The minimum atomic E-state index is -0.451. The molecule has 128 valence electrons. The van der Waals surface area contributed by atoms with E-state index in [1.165, 1.54) is 5.56 Å². The lowest BCUT2D eigenvalue weighted by atomic mass is 10.0. The van der Waals surface area contributed by atoms with Crippen LogP contribution in [-0.4, -0.2) is 42.3 Å². The summed E-state index contributed by atoms with van der Waals surface area (Å²) in [6.07, 6.45) is 1.54. The number of hydrogen-bond acceptors (Lipinski definition) is 4. The number of benzene rings is 1. The molecule has 0 bridgehead atoms. The molecule has 3 N–H and O–H groups in total. The number of rotatable bonds is 4. The number of ether oxygens (including phenoxy) is 1. The van der Waals surface area contributed by atoms with Gasteiger partial charge >= 0.3 is 6.09 Å². The number of alkyl carbamates (subject to hydrolysis) is 1. The molecule has 1 saturated heterocycles. The van der Waals surface area contributed by atoms with Gasteiger partial charge < -0.3 is 20.7 Å². The van der Waals surface area contributed by atoms with Crippen LogP contribution in [0, 0.1) is 0 Å². The van der Waals surface area contributed by atoms with Crippen molar-refractivity contribution in [2.45, 2.75) is 51.3 Å². The molecule has 1 heterocycles. The quantitative estimate of drug-likeness (QED) is 0.895. The van der Waals surface area contributed by atoms with E-state index < -0.39 is 5.60 Å². The van der Waals surface area contributed by atoms with E-state index in [4.69, 9.17) is 10.5 Å². The highest BCUT2D eigenvalue weighted by atomic mass is 16.6. The van der Waals surface area contributed by atoms with Crippen molar-refractivity contribution in [2.24, 2.45) is 5.73 Å². The number of likely N-dealkylation sites (tertiary alicyclic amines) is 1. The third-order valence-corrected chi connectivity index (χ3v) is 3.99. The first kappa shape index (κ1) is 17.8. The third-order valence-electron chi connectivity index (χ3n) is 3.99. The molecule has 1 aliphatic rings. The Labute approximate surface area is 139 Å². The summed E-state index contributed by atoms with van der Waals surface area (Å²) >= 11 is 0. The zero-order valence-corrected chi connectivity index (χ0v) is 14.4. The van der Waals surface area contributed by atoms with E-state index in [0.29, 0.717) is 0 Å². The fourth-order valence-electron chi connectivity index (χ4n) is 2.82. The molecule has 1 amide bonds. The van der Waals surface area contributed by atoms with Crippen molar-refractivity contribution in [1.82, 2.24) is 10.2 Å². The summed E-state index contributed by atoms with van der Waals surface area (Å²) in [7, 11) is 0. The van der Waals surface area contributed by atoms with Crippen LogP contribution in [-0.2, 0) is 4.74 Å². The maximum absolute atomic E-state index is 11.8. The molecular formula is C18H29N3O2. The average Bonchev–Trinajstić information content (AvgIpc) is 2.48. The van der Waals surface area contributed by atoms with Crippen molar-refractivity contribution in [3.05, 3.63) is 35.9 Å². The molecule has 23 heavy (non-hydrogen) atoms. The number of nitrogens with zero attached hydrogens (tertiary/aromatic N) is 1. The van der Waals surface area contributed by atoms with Gasteiger partial charge in [-0.05, 0) is 39.2 Å². The van der Waals surface area contributed by atoms with Gasteiger partial charge in [0.1, 0.15) is 5.60 Å². The highest BCUT2D eigenvalue weighted by Gasteiger charge is 2.24. The summed E-state index contributed by atoms with van der Waals surface area (Å²) < 4.78 is 5.31. The second-order valence-corrected chi connectivity index (χ2v) is 7.24. The molecule has 0 spiro atoms. The standard InChI is InChI=1S/C18H29N3O2/c1-18(2,3)23-17(22)20-15-9-11-21(12-10-15)13-16(19)14-7-5-4-6-8-14/h4-8,15-16H,9-13,19H2,1-3H3,(H,20,22)/t16-/m1/s1. The van der Waals surface area contributed by atoms with Crippen LogP contribution in [0.2, 0.25) is 0 Å². The maximum Gasteiger partial charge on any atom is 0.407 e. The third kappa shape index (κ3) is 6.20. The second-order valence-electron chi connectivity index (χ2n) is 7.24. The smallest absolute Gasteiger partial charge is 0.407 e. The van der Waals surface area contributed by atoms with Crippen molar-refractivity contribution in [3.8, 4) is 0 Å². The monoisotopic (exact) mass is 319 g/mol. The number of hydrogen-bond donors (Lipinski definition) is 2. The topological polar surface area (TPSA) is 67.6 Å². The fraction of sp³-hybridized carbons (Fsp3) is 0.611. The minimum Gasteiger partial charge on any atom is -0.444 e. The number of carbonyl (C=O) groups is 1. The van der Waals surface area contributed by atoms with Gasteiger partial charge in [-0.1, -0.05) is 30.3 Å². The second kappa shape index (κ2) is 7.79. The molecular weight excluding hydrogens is 290 g/mol. The van der Waals surface area contributed by atoms with E-state index in [1.54, 1.807) is 0 Å². The normalized spacial score (nSPS) is 18.4. The van der Waals surface area contributed by atoms with Gasteiger partial charge in [-0.3, -0.25) is 0 Å². The molecule has 1 aliphatic heterocycles. The van der Waals surface area contributed by atoms with E-state index in [-0.39, 0.29) is 18.2 Å². The highest BCUT2D eigenvalue weighted by molar-refractivity contribution is 5.68. The molecule has 1 aromatic carbocycles. The molecule has 1 fully saturated rings. The molecule has 0 radical (unpaired) electrons. The van der Waals surface area contributed by atoms with E-state index in [2.05, 4.69) is 22.3 Å². The van der Waals surface area contributed by atoms with Crippen molar-refractivity contribution >= 4 is 6.09 Å². The van der Waals surface area contributed by atoms with Gasteiger partial charge in [0.15, 0.2) is 0 Å². The molecule has 0 aliphatic carbocycles. The van der Waals surface area contributed by atoms with E-state index >= 15 is 0 Å². The van der Waals surface area contributed by atoms with Crippen molar-refractivity contribution in [1.29, 1.82) is 0 Å². The lowest BCUT2D eigenvalue weighted by molar-refractivity contribution is 0.0478. The first-order chi connectivity index (χ1) is 10.8. The average molecular weight is 319 g/mol. The van der Waals surface area contributed by atoms with Crippen LogP contribution in [0.5, 0.6) is 0 Å². The van der Waals surface area contributed by atoms with Gasteiger partial charge in [0.2, 0.25) is 0 Å². The molecule has 1 aromatic rings. The molecule has 5 heteroatoms. The molecule has 0 unspecified atom stereocenters. The van der Waals surface area contributed by atoms with E-state index in [0.717, 1.165) is 32.5 Å². The largest absolute Gasteiger partial charge is 0.444 e. The van der Waals surface area contributed by atoms with Gasteiger partial charge in [-0.15, -0.1) is 0 Å². The Bertz CT molecular complexity index is 491. The number of nitrogens with one attached hydrogen (secondary N) is 1. The van der Waals surface area contributed by atoms with Crippen LogP contribution in [0.1, 0.15) is 45.2 Å². The minimum absolute atomic E-state index is 0.0339. The van der Waals surface area contributed by atoms with Crippen LogP contribution in [0.3, 0.4) is 0 Å². The Morgan fingerprint density at radius 3 is 2.48 bits per heavy atom. The Hall–Kier alpha value is -1.59. The summed E-state index contributed by atoms with van der Waals surface area (Å²) in [5.41, 5.74) is 7.00. The van der Waals surface area contributed by atoms with Crippen LogP contribution in [0.25, 0.3) is 0 Å². The number of carbonyl (C=O) groups excluding carboxylic acids is 1. The molecule has 1 atom stereocenters. The molecule has 0 aromatic heterocycles. The van der Waals surface area contributed by atoms with Gasteiger partial charge in [-0.2, -0.15) is 0 Å². The summed E-state index contributed by atoms with van der Waals surface area (Å²) in [4.78, 5) is 14.2. The van der Waals surface area contributed by atoms with Gasteiger partial charge in [0.05, 0.1) is 0 Å². The summed E-state index contributed by atoms with van der Waals surface area (Å²) in [6.45, 7) is 8.37. The Kier molecular flexibility index (Phi) is 6.02. The lowest BCUT2D eigenvalue weighted by Crippen LogP contribution is -2.47. The van der Waals surface area contributed by atoms with Gasteiger partial charge in [0.25, 0.3) is 0 Å². The Morgan fingerprint density at radius 1 is 1.30 bits per heavy atom. The predicted molar refractivity (Wildman–Crippen MR) is 92.2 cm³/mol. The summed E-state index contributed by atoms with van der Waals surface area (Å²) in [6, 6.07) is 10.4. The van der Waals surface area contributed by atoms with Crippen molar-refractivity contribution in [2.75, 3.05) is 19.6 Å². The van der Waals surface area contributed by atoms with Crippen LogP contribution >= 0.6 is 0 Å². The van der Waals surface area contributed by atoms with Crippen LogP contribution < -0.4 is 11.1 Å². The van der Waals surface area contributed by atoms with Gasteiger partial charge in [-0.25, -0.2) is 4.79 Å². The van der Waals surface area contributed by atoms with Crippen molar-refractivity contribution in [3.63, 3.8) is 0 Å². The number of nitrogens with two attached hydrogens (primary N) is 1. The molecule has 0 saturated carbocycles. The summed E-state index contributed by atoms with van der Waals surface area (Å²) in [5.74, 6) is 0. The zero-order chi connectivity index (χ0) is 16.9. The Morgan fingerprint density at radius 2 is 1.91 bits per heavy atom. The maximum atomic E-state index is 11.8. The fourth-order valence-corrected chi connectivity index (χ4v) is 2.82. The SMILES string of the molecule is CC(C)(C)OC(=O)NC1CCN(C[C@@H](N)c2ccccc2)CC1. The predicted octanol–water partition coefficient (Wildman–Crippen LogP) is 2.68. The summed E-state index contributed by atoms with van der Waals surface area (Å²) in [5, 5.41) is 2.96. The lowest BCUT2D eigenvalue weighted by Gasteiger charge is -2.34. The van der Waals surface area contributed by atoms with Crippen LogP contribution in [0.15, 0.2) is 30.3 Å². The Balaban J connectivity index is 1.73. The zero-order valence-electron chi connectivity index (χ0n) is 14.4. The molecule has 2 rings (SSSR count). The van der Waals surface area contributed by atoms with E-state index in [1.807, 2.05) is 39.0 Å². The molecule has 5 nitrogen and oxygen atoms in total. The first-order valence-electron chi connectivity index (χ1n) is 8.36. The van der Waals surface area contributed by atoms with Crippen molar-refractivity contribution < 1.29 is 9.53 Å². The number of piperidine rings is 1. The highest BCUT2D eigenvalue weighted by Crippen LogP contribution is 2.16. The first-order valence-corrected chi connectivity index (χ1v) is 8.36. The number of amides is 1. The van der Waals surface area contributed by atoms with Crippen LogP contribution in [0.4, 0.5) is 4.79 Å². The van der Waals surface area contributed by atoms with Gasteiger partial charge in [0, 0.05) is 31.7 Å².